The lowest BCUT2D eigenvalue weighted by Crippen LogP contribution is -2.06. The monoisotopic (exact) mass is 345 g/mol. The Bertz CT molecular complexity index is 866. The molecule has 0 aliphatic heterocycles. The predicted molar refractivity (Wildman–Crippen MR) is 84.7 cm³/mol. The van der Waals surface area contributed by atoms with E-state index >= 15 is 0 Å². The van der Waals surface area contributed by atoms with E-state index in [0.717, 1.165) is 0 Å². The summed E-state index contributed by atoms with van der Waals surface area (Å²) >= 11 is 5.84. The summed E-state index contributed by atoms with van der Waals surface area (Å²) in [5.41, 5.74) is 0.847. The van der Waals surface area contributed by atoms with Crippen LogP contribution in [0.1, 0.15) is 16.2 Å². The summed E-state index contributed by atoms with van der Waals surface area (Å²) in [6, 6.07) is 10.4. The van der Waals surface area contributed by atoms with Crippen LogP contribution in [-0.4, -0.2) is 28.2 Å². The second-order valence-corrected chi connectivity index (χ2v) is 4.99. The van der Waals surface area contributed by atoms with Crippen molar-refractivity contribution >= 4 is 17.6 Å². The molecule has 0 fully saturated rings. The first-order valence-electron chi connectivity index (χ1n) is 6.92. The zero-order valence-corrected chi connectivity index (χ0v) is 13.4. The fourth-order valence-corrected chi connectivity index (χ4v) is 2.19. The predicted octanol–water partition coefficient (Wildman–Crippen LogP) is 3.15. The van der Waals surface area contributed by atoms with Crippen LogP contribution in [-0.2, 0) is 11.3 Å². The van der Waals surface area contributed by atoms with Gasteiger partial charge in [-0.25, -0.2) is 9.78 Å². The van der Waals surface area contributed by atoms with Crippen molar-refractivity contribution in [2.75, 3.05) is 7.11 Å². The van der Waals surface area contributed by atoms with E-state index in [0.29, 0.717) is 17.1 Å². The summed E-state index contributed by atoms with van der Waals surface area (Å²) in [6.07, 6.45) is 1.48. The average molecular weight is 346 g/mol. The minimum atomic E-state index is -0.620. The number of methoxy groups -OCH3 is 1. The molecule has 3 aromatic rings. The molecule has 2 heterocycles. The molecule has 0 atom stereocenters. The third-order valence-electron chi connectivity index (χ3n) is 3.12. The summed E-state index contributed by atoms with van der Waals surface area (Å²) in [5, 5.41) is 3.94. The number of benzene rings is 1. The summed E-state index contributed by atoms with van der Waals surface area (Å²) in [5.74, 6) is 0.497. The van der Waals surface area contributed by atoms with Crippen LogP contribution in [0, 0.1) is 0 Å². The van der Waals surface area contributed by atoms with E-state index in [2.05, 4.69) is 15.1 Å². The Morgan fingerprint density at radius 2 is 2.08 bits per heavy atom. The third kappa shape index (κ3) is 3.36. The highest BCUT2D eigenvalue weighted by molar-refractivity contribution is 6.32. The molecule has 0 unspecified atom stereocenters. The highest BCUT2D eigenvalue weighted by Gasteiger charge is 2.16. The van der Waals surface area contributed by atoms with E-state index in [1.165, 1.54) is 12.3 Å². The van der Waals surface area contributed by atoms with E-state index in [1.807, 2.05) is 12.1 Å². The maximum absolute atomic E-state index is 12.0. The second-order valence-electron chi connectivity index (χ2n) is 4.63. The van der Waals surface area contributed by atoms with Crippen molar-refractivity contribution < 1.29 is 18.8 Å². The van der Waals surface area contributed by atoms with Crippen LogP contribution >= 0.6 is 11.6 Å². The molecular weight excluding hydrogens is 334 g/mol. The van der Waals surface area contributed by atoms with E-state index in [-0.39, 0.29) is 23.2 Å². The van der Waals surface area contributed by atoms with Crippen molar-refractivity contribution in [2.24, 2.45) is 0 Å². The fraction of sp³-hybridized carbons (Fsp3) is 0.125. The number of para-hydroxylation sites is 1. The minimum Gasteiger partial charge on any atom is -0.496 e. The van der Waals surface area contributed by atoms with Crippen LogP contribution in [0.15, 0.2) is 47.1 Å². The first-order chi connectivity index (χ1) is 11.7. The molecule has 24 heavy (non-hydrogen) atoms. The first kappa shape index (κ1) is 15.9. The van der Waals surface area contributed by atoms with Gasteiger partial charge in [-0.2, -0.15) is 4.98 Å². The highest BCUT2D eigenvalue weighted by Crippen LogP contribution is 2.27. The number of ether oxygens (including phenoxy) is 2. The highest BCUT2D eigenvalue weighted by atomic mass is 35.5. The van der Waals surface area contributed by atoms with Crippen molar-refractivity contribution in [1.29, 1.82) is 0 Å². The van der Waals surface area contributed by atoms with Crippen molar-refractivity contribution in [1.82, 2.24) is 15.1 Å². The van der Waals surface area contributed by atoms with Gasteiger partial charge in [0.05, 0.1) is 18.2 Å². The number of esters is 1. The van der Waals surface area contributed by atoms with Crippen LogP contribution in [0.4, 0.5) is 0 Å². The van der Waals surface area contributed by atoms with Gasteiger partial charge in [0.15, 0.2) is 6.61 Å². The maximum Gasteiger partial charge on any atom is 0.341 e. The van der Waals surface area contributed by atoms with E-state index in [4.69, 9.17) is 25.6 Å². The number of nitrogens with zero attached hydrogens (tertiary/aromatic N) is 3. The summed E-state index contributed by atoms with van der Waals surface area (Å²) in [4.78, 5) is 20.0. The summed E-state index contributed by atoms with van der Waals surface area (Å²) in [6.45, 7) is -0.174. The molecule has 0 radical (unpaired) electrons. The molecule has 0 aliphatic rings. The number of halogens is 1. The van der Waals surface area contributed by atoms with Crippen molar-refractivity contribution in [3.8, 4) is 17.1 Å². The van der Waals surface area contributed by atoms with Gasteiger partial charge in [-0.1, -0.05) is 28.9 Å². The van der Waals surface area contributed by atoms with E-state index in [9.17, 15) is 4.79 Å². The molecule has 0 spiro atoms. The smallest absolute Gasteiger partial charge is 0.341 e. The van der Waals surface area contributed by atoms with Crippen LogP contribution < -0.4 is 4.74 Å². The lowest BCUT2D eigenvalue weighted by Gasteiger charge is -2.03. The SMILES string of the molecule is COc1ccccc1-c1noc(COC(=O)c2cccnc2Cl)n1. The quantitative estimate of drug-likeness (QED) is 0.518. The fourth-order valence-electron chi connectivity index (χ4n) is 2.00. The van der Waals surface area contributed by atoms with Gasteiger partial charge in [0.25, 0.3) is 5.89 Å². The Kier molecular flexibility index (Phi) is 4.72. The zero-order chi connectivity index (χ0) is 16.9. The number of aromatic nitrogens is 3. The largest absolute Gasteiger partial charge is 0.496 e. The number of pyridine rings is 1. The van der Waals surface area contributed by atoms with Gasteiger partial charge in [0.1, 0.15) is 10.9 Å². The van der Waals surface area contributed by atoms with Crippen molar-refractivity contribution in [3.63, 3.8) is 0 Å². The normalized spacial score (nSPS) is 10.4. The Balaban J connectivity index is 1.71. The molecule has 0 aliphatic carbocycles. The molecule has 0 amide bonds. The third-order valence-corrected chi connectivity index (χ3v) is 3.42. The molecule has 1 aromatic carbocycles. The Labute approximate surface area is 142 Å². The van der Waals surface area contributed by atoms with Gasteiger partial charge < -0.3 is 14.0 Å². The molecular formula is C16H12ClN3O4. The second kappa shape index (κ2) is 7.10. The number of carbonyl (C=O) groups is 1. The Morgan fingerprint density at radius 3 is 2.88 bits per heavy atom. The summed E-state index contributed by atoms with van der Waals surface area (Å²) in [7, 11) is 1.55. The molecule has 0 saturated heterocycles. The minimum absolute atomic E-state index is 0.0720. The van der Waals surface area contributed by atoms with Crippen LogP contribution in [0.3, 0.4) is 0 Å². The molecule has 0 N–H and O–H groups in total. The molecule has 2 aromatic heterocycles. The van der Waals surface area contributed by atoms with Crippen LogP contribution in [0.2, 0.25) is 5.15 Å². The number of hydrogen-bond acceptors (Lipinski definition) is 7. The van der Waals surface area contributed by atoms with Gasteiger partial charge in [-0.15, -0.1) is 0 Å². The van der Waals surface area contributed by atoms with Gasteiger partial charge in [0, 0.05) is 6.20 Å². The van der Waals surface area contributed by atoms with Crippen LogP contribution in [0.5, 0.6) is 5.75 Å². The standard InChI is InChI=1S/C16H12ClN3O4/c1-22-12-7-3-2-5-10(12)15-19-13(24-20-15)9-23-16(21)11-6-4-8-18-14(11)17/h2-8H,9H2,1H3. The van der Waals surface area contributed by atoms with Gasteiger partial charge >= 0.3 is 5.97 Å². The molecule has 7 nitrogen and oxygen atoms in total. The number of carbonyl (C=O) groups excluding carboxylic acids is 1. The molecule has 122 valence electrons. The lowest BCUT2D eigenvalue weighted by atomic mass is 10.2. The topological polar surface area (TPSA) is 87.3 Å². The number of rotatable bonds is 5. The van der Waals surface area contributed by atoms with Crippen molar-refractivity contribution in [3.05, 3.63) is 59.2 Å². The Hall–Kier alpha value is -2.93. The van der Waals surface area contributed by atoms with Crippen molar-refractivity contribution in [2.45, 2.75) is 6.61 Å². The molecule has 8 heteroatoms. The lowest BCUT2D eigenvalue weighted by molar-refractivity contribution is 0.0429. The molecule has 3 rings (SSSR count). The van der Waals surface area contributed by atoms with Crippen LogP contribution in [0.25, 0.3) is 11.4 Å². The molecule has 0 bridgehead atoms. The Morgan fingerprint density at radius 1 is 1.25 bits per heavy atom. The first-order valence-corrected chi connectivity index (χ1v) is 7.30. The van der Waals surface area contributed by atoms with Gasteiger partial charge in [-0.05, 0) is 24.3 Å². The zero-order valence-electron chi connectivity index (χ0n) is 12.6. The maximum atomic E-state index is 12.0. The van der Waals surface area contributed by atoms with E-state index < -0.39 is 5.97 Å². The van der Waals surface area contributed by atoms with Gasteiger partial charge in [-0.3, -0.25) is 0 Å². The van der Waals surface area contributed by atoms with Gasteiger partial charge in [0.2, 0.25) is 5.82 Å². The average Bonchev–Trinajstić information content (AvgIpc) is 3.09. The van der Waals surface area contributed by atoms with E-state index in [1.54, 1.807) is 25.3 Å². The molecule has 0 saturated carbocycles. The summed E-state index contributed by atoms with van der Waals surface area (Å²) < 4.78 is 15.5. The number of hydrogen-bond donors (Lipinski definition) is 0.